The minimum Gasteiger partial charge on any atom is -0.389 e. The number of nitrogens with one attached hydrogen (secondary N) is 1. The Kier molecular flexibility index (Phi) is 8.84. The molecular weight excluding hydrogens is 262 g/mol. The Balaban J connectivity index is 2.23. The van der Waals surface area contributed by atoms with E-state index < -0.39 is 6.10 Å². The van der Waals surface area contributed by atoms with Crippen LogP contribution in [-0.2, 0) is 4.74 Å². The second-order valence-corrected chi connectivity index (χ2v) is 7.63. The van der Waals surface area contributed by atoms with Crippen LogP contribution in [0.15, 0.2) is 0 Å². The largest absolute Gasteiger partial charge is 0.389 e. The number of aliphatic hydroxyl groups is 1. The lowest BCUT2D eigenvalue weighted by molar-refractivity contribution is -0.0107. The smallest absolute Gasteiger partial charge is 0.0897 e. The van der Waals surface area contributed by atoms with Gasteiger partial charge in [0.15, 0.2) is 0 Å². The number of hydrogen-bond acceptors (Lipinski definition) is 3. The van der Waals surface area contributed by atoms with Gasteiger partial charge < -0.3 is 15.2 Å². The molecule has 3 heteroatoms. The maximum atomic E-state index is 10.1. The van der Waals surface area contributed by atoms with Crippen molar-refractivity contribution in [1.82, 2.24) is 5.32 Å². The second-order valence-electron chi connectivity index (χ2n) is 7.63. The summed E-state index contributed by atoms with van der Waals surface area (Å²) in [6, 6.07) is 0.571. The van der Waals surface area contributed by atoms with E-state index in [-0.39, 0.29) is 6.10 Å². The zero-order valence-electron chi connectivity index (χ0n) is 14.8. The van der Waals surface area contributed by atoms with Crippen molar-refractivity contribution in [2.24, 2.45) is 17.8 Å². The van der Waals surface area contributed by atoms with Gasteiger partial charge in [-0.2, -0.15) is 0 Å². The van der Waals surface area contributed by atoms with E-state index in [4.69, 9.17) is 4.74 Å². The molecule has 1 saturated carbocycles. The Hall–Kier alpha value is -0.120. The van der Waals surface area contributed by atoms with Crippen molar-refractivity contribution in [2.45, 2.75) is 85.0 Å². The molecule has 0 radical (unpaired) electrons. The van der Waals surface area contributed by atoms with E-state index in [9.17, 15) is 5.11 Å². The van der Waals surface area contributed by atoms with Gasteiger partial charge in [-0.05, 0) is 43.9 Å². The highest BCUT2D eigenvalue weighted by Crippen LogP contribution is 2.30. The van der Waals surface area contributed by atoms with Gasteiger partial charge in [-0.3, -0.25) is 0 Å². The van der Waals surface area contributed by atoms with Gasteiger partial charge in [0.05, 0.1) is 18.8 Å². The first-order chi connectivity index (χ1) is 9.90. The van der Waals surface area contributed by atoms with Gasteiger partial charge in [-0.25, -0.2) is 0 Å². The number of ether oxygens (including phenoxy) is 1. The molecule has 0 bridgehead atoms. The third kappa shape index (κ3) is 7.62. The molecule has 0 aliphatic heterocycles. The molecule has 0 aromatic heterocycles. The van der Waals surface area contributed by atoms with Crippen molar-refractivity contribution in [3.8, 4) is 0 Å². The highest BCUT2D eigenvalue weighted by atomic mass is 16.5. The Morgan fingerprint density at radius 1 is 1.10 bits per heavy atom. The Morgan fingerprint density at radius 3 is 2.38 bits per heavy atom. The zero-order chi connectivity index (χ0) is 15.8. The van der Waals surface area contributed by atoms with Crippen LogP contribution in [0.25, 0.3) is 0 Å². The summed E-state index contributed by atoms with van der Waals surface area (Å²) in [6.45, 7) is 12.2. The molecule has 1 aliphatic rings. The van der Waals surface area contributed by atoms with Crippen LogP contribution < -0.4 is 5.32 Å². The fourth-order valence-corrected chi connectivity index (χ4v) is 3.56. The zero-order valence-corrected chi connectivity index (χ0v) is 14.8. The fourth-order valence-electron chi connectivity index (χ4n) is 3.56. The summed E-state index contributed by atoms with van der Waals surface area (Å²) >= 11 is 0. The summed E-state index contributed by atoms with van der Waals surface area (Å²) in [7, 11) is 0. The van der Waals surface area contributed by atoms with Crippen LogP contribution in [0.3, 0.4) is 0 Å². The van der Waals surface area contributed by atoms with E-state index in [0.29, 0.717) is 25.1 Å². The quantitative estimate of drug-likeness (QED) is 0.683. The van der Waals surface area contributed by atoms with Crippen LogP contribution in [0.1, 0.15) is 66.7 Å². The summed E-state index contributed by atoms with van der Waals surface area (Å²) in [5.41, 5.74) is 0. The van der Waals surface area contributed by atoms with E-state index in [1.54, 1.807) is 0 Å². The van der Waals surface area contributed by atoms with E-state index in [1.807, 2.05) is 0 Å². The van der Waals surface area contributed by atoms with E-state index in [1.165, 1.54) is 25.7 Å². The molecule has 0 amide bonds. The molecular formula is C18H37NO2. The lowest BCUT2D eigenvalue weighted by Gasteiger charge is -2.35. The summed E-state index contributed by atoms with van der Waals surface area (Å²) in [5, 5.41) is 13.7. The molecule has 126 valence electrons. The Bertz CT molecular complexity index is 268. The molecule has 0 saturated heterocycles. The van der Waals surface area contributed by atoms with Crippen molar-refractivity contribution < 1.29 is 9.84 Å². The minimum absolute atomic E-state index is 0.234. The van der Waals surface area contributed by atoms with Gasteiger partial charge in [0.1, 0.15) is 0 Å². The Morgan fingerprint density at radius 2 is 1.76 bits per heavy atom. The molecule has 1 aliphatic carbocycles. The van der Waals surface area contributed by atoms with Crippen molar-refractivity contribution in [3.05, 3.63) is 0 Å². The van der Waals surface area contributed by atoms with Crippen LogP contribution in [0.5, 0.6) is 0 Å². The predicted molar refractivity (Wildman–Crippen MR) is 89.5 cm³/mol. The minimum atomic E-state index is -0.394. The molecule has 4 atom stereocenters. The van der Waals surface area contributed by atoms with Crippen molar-refractivity contribution in [2.75, 3.05) is 13.2 Å². The molecule has 21 heavy (non-hydrogen) atoms. The summed E-state index contributed by atoms with van der Waals surface area (Å²) in [5.74, 6) is 2.12. The molecule has 0 spiro atoms. The molecule has 0 heterocycles. The molecule has 4 unspecified atom stereocenters. The van der Waals surface area contributed by atoms with Crippen molar-refractivity contribution >= 4 is 0 Å². The van der Waals surface area contributed by atoms with E-state index in [0.717, 1.165) is 18.3 Å². The lowest BCUT2D eigenvalue weighted by atomic mass is 9.78. The van der Waals surface area contributed by atoms with E-state index >= 15 is 0 Å². The van der Waals surface area contributed by atoms with Gasteiger partial charge in [-0.1, -0.05) is 40.5 Å². The van der Waals surface area contributed by atoms with Crippen LogP contribution in [-0.4, -0.2) is 36.5 Å². The predicted octanol–water partition coefficient (Wildman–Crippen LogP) is 3.60. The number of hydrogen-bond donors (Lipinski definition) is 2. The maximum Gasteiger partial charge on any atom is 0.0897 e. The third-order valence-corrected chi connectivity index (χ3v) is 4.67. The van der Waals surface area contributed by atoms with Crippen LogP contribution in [0.4, 0.5) is 0 Å². The molecule has 0 aromatic carbocycles. The van der Waals surface area contributed by atoms with Gasteiger partial charge in [0.25, 0.3) is 0 Å². The van der Waals surface area contributed by atoms with Gasteiger partial charge >= 0.3 is 0 Å². The summed E-state index contributed by atoms with van der Waals surface area (Å²) < 4.78 is 5.74. The first-order valence-electron chi connectivity index (χ1n) is 8.93. The van der Waals surface area contributed by atoms with Crippen molar-refractivity contribution in [1.29, 1.82) is 0 Å². The lowest BCUT2D eigenvalue weighted by Crippen LogP contribution is -2.44. The van der Waals surface area contributed by atoms with Gasteiger partial charge in [-0.15, -0.1) is 0 Å². The summed E-state index contributed by atoms with van der Waals surface area (Å²) in [6.07, 6.45) is 6.15. The Labute approximate surface area is 131 Å². The van der Waals surface area contributed by atoms with Crippen LogP contribution in [0, 0.1) is 17.8 Å². The fraction of sp³-hybridized carbons (Fsp3) is 1.00. The normalized spacial score (nSPS) is 26.3. The topological polar surface area (TPSA) is 41.5 Å². The number of rotatable bonds is 9. The summed E-state index contributed by atoms with van der Waals surface area (Å²) in [4.78, 5) is 0. The van der Waals surface area contributed by atoms with Crippen LogP contribution >= 0.6 is 0 Å². The monoisotopic (exact) mass is 299 g/mol. The average Bonchev–Trinajstić information content (AvgIpc) is 2.42. The standard InChI is InChI=1S/C18H37NO2/c1-13(2)10-15(5)21-12-16(20)11-19-18-9-7-6-8-17(18)14(3)4/h13-20H,6-12H2,1-5H3. The van der Waals surface area contributed by atoms with Crippen LogP contribution in [0.2, 0.25) is 0 Å². The maximum absolute atomic E-state index is 10.1. The third-order valence-electron chi connectivity index (χ3n) is 4.67. The van der Waals surface area contributed by atoms with Gasteiger partial charge in [0, 0.05) is 12.6 Å². The molecule has 2 N–H and O–H groups in total. The number of aliphatic hydroxyl groups excluding tert-OH is 1. The van der Waals surface area contributed by atoms with E-state index in [2.05, 4.69) is 39.9 Å². The second kappa shape index (κ2) is 9.81. The van der Waals surface area contributed by atoms with Crippen molar-refractivity contribution in [3.63, 3.8) is 0 Å². The molecule has 1 fully saturated rings. The van der Waals surface area contributed by atoms with Gasteiger partial charge in [0.2, 0.25) is 0 Å². The SMILES string of the molecule is CC(C)CC(C)OCC(O)CNC1CCCCC1C(C)C. The molecule has 0 aromatic rings. The molecule has 1 rings (SSSR count). The highest BCUT2D eigenvalue weighted by Gasteiger charge is 2.27. The average molecular weight is 299 g/mol. The molecule has 3 nitrogen and oxygen atoms in total. The highest BCUT2D eigenvalue weighted by molar-refractivity contribution is 4.83. The first kappa shape index (κ1) is 18.9. The first-order valence-corrected chi connectivity index (χ1v) is 8.93.